The summed E-state index contributed by atoms with van der Waals surface area (Å²) in [4.78, 5) is 80.7. The van der Waals surface area contributed by atoms with Crippen LogP contribution in [0.25, 0.3) is 0 Å². The molecule has 1 N–H and O–H groups in total. The number of fused-ring (bicyclic) bond motifs is 2. The van der Waals surface area contributed by atoms with E-state index in [9.17, 15) is 29.2 Å². The van der Waals surface area contributed by atoms with Gasteiger partial charge in [-0.05, 0) is 62.3 Å². The summed E-state index contributed by atoms with van der Waals surface area (Å²) >= 11 is 6.28. The van der Waals surface area contributed by atoms with Gasteiger partial charge in [0.25, 0.3) is 17.7 Å². The Bertz CT molecular complexity index is 2530. The molecule has 1 aromatic heterocycles. The smallest absolute Gasteiger partial charge is 0.275 e. The molecule has 16 heteroatoms. The standard InChI is InChI=1S/C46H46ClFN8O6/c1-45(2)43(46(3,4)44(45)62-29-12-8-26(22-49)32(47)19-29)55-24-34-38(42(55)61)50-23-27(51-34)9-5-25-6-10-28(11-7-25)53-15-17-54(18-16-53)36-21-31-30(20-33(36)48)40(59)56(41(31)60)35-13-14-37(57)52-39(35)58/h8,12,19-21,23,25,28,35,43-44H,6-7,10-11,13-18,24H2,1-4H3,(H,52,57,58). The van der Waals surface area contributed by atoms with E-state index in [4.69, 9.17) is 21.3 Å². The Balaban J connectivity index is 0.778. The molecule has 0 bridgehead atoms. The number of carbonyl (C=O) groups excluding carboxylic acids is 5. The normalized spacial score (nSPS) is 26.6. The van der Waals surface area contributed by atoms with Crippen LogP contribution in [0.4, 0.5) is 10.1 Å². The average Bonchev–Trinajstić information content (AvgIpc) is 3.68. The lowest BCUT2D eigenvalue weighted by molar-refractivity contribution is -0.199. The Morgan fingerprint density at radius 2 is 1.60 bits per heavy atom. The molecule has 1 unspecified atom stereocenters. The minimum absolute atomic E-state index is 0.00949. The third-order valence-electron chi connectivity index (χ3n) is 13.8. The van der Waals surface area contributed by atoms with Crippen LogP contribution < -0.4 is 15.0 Å². The molecule has 4 fully saturated rings. The first kappa shape index (κ1) is 41.5. The number of imide groups is 2. The van der Waals surface area contributed by atoms with Gasteiger partial charge in [-0.1, -0.05) is 45.2 Å². The molecule has 2 saturated heterocycles. The van der Waals surface area contributed by atoms with Crippen LogP contribution in [0.1, 0.15) is 114 Å². The predicted molar refractivity (Wildman–Crippen MR) is 223 cm³/mol. The van der Waals surface area contributed by atoms with E-state index in [1.165, 1.54) is 6.07 Å². The molecule has 2 saturated carbocycles. The van der Waals surface area contributed by atoms with Gasteiger partial charge in [-0.15, -0.1) is 0 Å². The summed E-state index contributed by atoms with van der Waals surface area (Å²) in [7, 11) is 0. The fraction of sp³-hybridized carbons (Fsp3) is 0.478. The number of piperidine rings is 1. The Hall–Kier alpha value is -5.90. The number of rotatable bonds is 6. The van der Waals surface area contributed by atoms with Crippen molar-refractivity contribution in [2.24, 2.45) is 16.7 Å². The van der Waals surface area contributed by atoms with Gasteiger partial charge in [0.1, 0.15) is 35.5 Å². The lowest BCUT2D eigenvalue weighted by atomic mass is 9.49. The predicted octanol–water partition coefficient (Wildman–Crippen LogP) is 5.11. The highest BCUT2D eigenvalue weighted by Gasteiger charge is 2.67. The Morgan fingerprint density at radius 3 is 2.26 bits per heavy atom. The van der Waals surface area contributed by atoms with Crippen molar-refractivity contribution in [2.75, 3.05) is 31.1 Å². The summed E-state index contributed by atoms with van der Waals surface area (Å²) in [5.41, 5.74) is 1.31. The maximum Gasteiger partial charge on any atom is 0.275 e. The van der Waals surface area contributed by atoms with E-state index in [1.807, 2.05) is 9.80 Å². The molecular weight excluding hydrogens is 815 g/mol. The number of piperazine rings is 1. The van der Waals surface area contributed by atoms with E-state index in [1.54, 1.807) is 24.4 Å². The van der Waals surface area contributed by atoms with Crippen molar-refractivity contribution in [1.29, 1.82) is 5.26 Å². The first-order valence-electron chi connectivity index (χ1n) is 21.2. The van der Waals surface area contributed by atoms with E-state index in [2.05, 4.69) is 60.8 Å². The molecule has 9 rings (SSSR count). The first-order chi connectivity index (χ1) is 29.6. The highest BCUT2D eigenvalue weighted by atomic mass is 35.5. The monoisotopic (exact) mass is 860 g/mol. The molecular formula is C46H46ClFN8O6. The number of aromatic nitrogens is 2. The second-order valence-corrected chi connectivity index (χ2v) is 18.8. The first-order valence-corrected chi connectivity index (χ1v) is 21.5. The van der Waals surface area contributed by atoms with E-state index in [0.717, 1.165) is 36.6 Å². The quantitative estimate of drug-likeness (QED) is 0.258. The van der Waals surface area contributed by atoms with Gasteiger partial charge in [0, 0.05) is 67.5 Å². The number of benzene rings is 2. The molecule has 2 aliphatic carbocycles. The number of carbonyl (C=O) groups is 5. The summed E-state index contributed by atoms with van der Waals surface area (Å²) in [6, 6.07) is 8.74. The minimum atomic E-state index is -1.11. The van der Waals surface area contributed by atoms with Gasteiger partial charge >= 0.3 is 0 Å². The lowest BCUT2D eigenvalue weighted by Crippen LogP contribution is -2.74. The van der Waals surface area contributed by atoms with E-state index >= 15 is 4.39 Å². The van der Waals surface area contributed by atoms with Gasteiger partial charge in [0.05, 0.1) is 45.8 Å². The number of hydrogen-bond acceptors (Lipinski definition) is 11. The Kier molecular flexibility index (Phi) is 10.3. The molecule has 5 heterocycles. The van der Waals surface area contributed by atoms with E-state index in [0.29, 0.717) is 72.2 Å². The Labute approximate surface area is 363 Å². The molecule has 14 nitrogen and oxygen atoms in total. The third kappa shape index (κ3) is 6.95. The molecule has 4 aliphatic heterocycles. The Morgan fingerprint density at radius 1 is 0.903 bits per heavy atom. The van der Waals surface area contributed by atoms with Crippen LogP contribution in [-0.4, -0.2) is 105 Å². The number of hydrogen-bond donors (Lipinski definition) is 1. The fourth-order valence-corrected chi connectivity index (χ4v) is 11.4. The summed E-state index contributed by atoms with van der Waals surface area (Å²) in [5.74, 6) is 4.13. The second kappa shape index (κ2) is 15.5. The highest BCUT2D eigenvalue weighted by molar-refractivity contribution is 6.31. The van der Waals surface area contributed by atoms with Crippen molar-refractivity contribution in [3.63, 3.8) is 0 Å². The number of nitriles is 1. The van der Waals surface area contributed by atoms with Gasteiger partial charge in [0.15, 0.2) is 5.69 Å². The number of anilines is 1. The molecule has 62 heavy (non-hydrogen) atoms. The second-order valence-electron chi connectivity index (χ2n) is 18.4. The van der Waals surface area contributed by atoms with E-state index in [-0.39, 0.29) is 53.6 Å². The van der Waals surface area contributed by atoms with Crippen LogP contribution in [-0.2, 0) is 16.1 Å². The average molecular weight is 861 g/mol. The maximum atomic E-state index is 15.5. The number of halogens is 2. The van der Waals surface area contributed by atoms with Gasteiger partial charge in [-0.25, -0.2) is 14.4 Å². The third-order valence-corrected chi connectivity index (χ3v) is 14.1. The summed E-state index contributed by atoms with van der Waals surface area (Å²) in [6.45, 7) is 11.2. The molecule has 6 aliphatic rings. The summed E-state index contributed by atoms with van der Waals surface area (Å²) < 4.78 is 22.0. The number of amides is 5. The molecule has 0 radical (unpaired) electrons. The lowest BCUT2D eigenvalue weighted by Gasteiger charge is -2.65. The fourth-order valence-electron chi connectivity index (χ4n) is 11.2. The van der Waals surface area contributed by atoms with Crippen molar-refractivity contribution in [1.82, 2.24) is 30.0 Å². The van der Waals surface area contributed by atoms with Crippen LogP contribution in [0, 0.1) is 45.7 Å². The van der Waals surface area contributed by atoms with Gasteiger partial charge < -0.3 is 14.5 Å². The van der Waals surface area contributed by atoms with Gasteiger partial charge in [0.2, 0.25) is 11.8 Å². The van der Waals surface area contributed by atoms with Gasteiger partial charge in [-0.3, -0.25) is 39.1 Å². The largest absolute Gasteiger partial charge is 0.489 e. The van der Waals surface area contributed by atoms with Crippen LogP contribution in [0.5, 0.6) is 5.75 Å². The number of ether oxygens (including phenoxy) is 1. The van der Waals surface area contributed by atoms with Crippen molar-refractivity contribution >= 4 is 46.8 Å². The van der Waals surface area contributed by atoms with Crippen molar-refractivity contribution in [2.45, 2.75) is 97.0 Å². The van der Waals surface area contributed by atoms with Crippen molar-refractivity contribution in [3.05, 3.63) is 81.1 Å². The molecule has 0 spiro atoms. The maximum absolute atomic E-state index is 15.5. The van der Waals surface area contributed by atoms with Crippen LogP contribution in [0.2, 0.25) is 5.02 Å². The topological polar surface area (TPSA) is 169 Å². The zero-order chi connectivity index (χ0) is 43.8. The van der Waals surface area contributed by atoms with Crippen LogP contribution >= 0.6 is 11.6 Å². The highest BCUT2D eigenvalue weighted by Crippen LogP contribution is 2.59. The van der Waals surface area contributed by atoms with Crippen LogP contribution in [0.3, 0.4) is 0 Å². The molecule has 3 aromatic rings. The molecule has 1 atom stereocenters. The van der Waals surface area contributed by atoms with Crippen molar-refractivity contribution < 1.29 is 33.1 Å². The molecule has 2 aromatic carbocycles. The summed E-state index contributed by atoms with van der Waals surface area (Å²) in [6.07, 6.45) is 5.18. The van der Waals surface area contributed by atoms with Crippen molar-refractivity contribution in [3.8, 4) is 23.7 Å². The van der Waals surface area contributed by atoms with Gasteiger partial charge in [-0.2, -0.15) is 5.26 Å². The molecule has 5 amide bonds. The summed E-state index contributed by atoms with van der Waals surface area (Å²) in [5, 5.41) is 11.8. The minimum Gasteiger partial charge on any atom is -0.489 e. The number of nitrogens with zero attached hydrogens (tertiary/aromatic N) is 7. The van der Waals surface area contributed by atoms with E-state index < -0.39 is 46.3 Å². The zero-order valence-electron chi connectivity index (χ0n) is 35.0. The van der Waals surface area contributed by atoms with Crippen LogP contribution in [0.15, 0.2) is 36.5 Å². The SMILES string of the molecule is CC1(C)C(Oc2ccc(C#N)c(Cl)c2)C(C)(C)C1N1Cc2nc(C#CC3CCC(N4CCN(c5cc6c(cc5F)C(=O)N(C5CCC(=O)NC5=O)C6=O)CC4)CC3)cnc2C1=O. The number of nitrogens with one attached hydrogen (secondary N) is 1. The molecule has 320 valence electrons. The zero-order valence-corrected chi connectivity index (χ0v) is 35.7.